The van der Waals surface area contributed by atoms with Crippen LogP contribution in [0.4, 0.5) is 0 Å². The Morgan fingerprint density at radius 1 is 1.31 bits per heavy atom. The van der Waals surface area contributed by atoms with Gasteiger partial charge in [-0.1, -0.05) is 0 Å². The number of aliphatic hydroxyl groups is 1. The molecule has 2 saturated heterocycles. The number of ether oxygens (including phenoxy) is 1. The molecule has 1 amide bonds. The molecule has 2 aliphatic rings. The molecule has 4 heterocycles. The van der Waals surface area contributed by atoms with Gasteiger partial charge in [0.2, 0.25) is 0 Å². The molecule has 4 rings (SSSR count). The number of aryl methyl sites for hydroxylation is 1. The van der Waals surface area contributed by atoms with Crippen LogP contribution in [0.2, 0.25) is 0 Å². The van der Waals surface area contributed by atoms with Crippen LogP contribution in [0.25, 0.3) is 0 Å². The van der Waals surface area contributed by atoms with E-state index in [1.807, 2.05) is 31.6 Å². The van der Waals surface area contributed by atoms with Crippen molar-refractivity contribution in [2.75, 3.05) is 19.7 Å². The van der Waals surface area contributed by atoms with E-state index >= 15 is 0 Å². The fourth-order valence-electron chi connectivity index (χ4n) is 4.45. The van der Waals surface area contributed by atoms with Gasteiger partial charge in [0.25, 0.3) is 5.91 Å². The first-order chi connectivity index (χ1) is 13.9. The van der Waals surface area contributed by atoms with E-state index in [0.717, 1.165) is 38.0 Å². The number of hydrogen-bond donors (Lipinski definition) is 2. The number of nitrogens with zero attached hydrogens (tertiary/aromatic N) is 3. The van der Waals surface area contributed by atoms with E-state index in [2.05, 4.69) is 20.2 Å². The second kappa shape index (κ2) is 8.10. The Kier molecular flexibility index (Phi) is 5.70. The maximum absolute atomic E-state index is 12.8. The van der Waals surface area contributed by atoms with Crippen molar-refractivity contribution in [3.63, 3.8) is 0 Å². The summed E-state index contributed by atoms with van der Waals surface area (Å²) in [5.74, 6) is -0.206. The van der Waals surface area contributed by atoms with E-state index in [-0.39, 0.29) is 5.91 Å². The zero-order chi connectivity index (χ0) is 20.5. The summed E-state index contributed by atoms with van der Waals surface area (Å²) in [5, 5.41) is 14.4. The highest BCUT2D eigenvalue weighted by atomic mass is 32.1. The van der Waals surface area contributed by atoms with Crippen molar-refractivity contribution < 1.29 is 14.6 Å². The first-order valence-electron chi connectivity index (χ1n) is 10.1. The average molecular weight is 417 g/mol. The maximum atomic E-state index is 12.8. The van der Waals surface area contributed by atoms with E-state index in [1.54, 1.807) is 23.7 Å². The van der Waals surface area contributed by atoms with Crippen LogP contribution in [0.3, 0.4) is 0 Å². The van der Waals surface area contributed by atoms with Gasteiger partial charge in [0.15, 0.2) is 0 Å². The number of carbonyl (C=O) groups is 1. The lowest BCUT2D eigenvalue weighted by Crippen LogP contribution is -2.69. The Morgan fingerprint density at radius 3 is 2.79 bits per heavy atom. The Bertz CT molecular complexity index is 851. The van der Waals surface area contributed by atoms with Gasteiger partial charge in [0.05, 0.1) is 22.2 Å². The summed E-state index contributed by atoms with van der Waals surface area (Å²) in [4.78, 5) is 24.7. The summed E-state index contributed by atoms with van der Waals surface area (Å²) in [5.41, 5.74) is 1.94. The monoisotopic (exact) mass is 416 g/mol. The van der Waals surface area contributed by atoms with Crippen LogP contribution in [0.15, 0.2) is 30.2 Å². The number of rotatable bonds is 4. The lowest BCUT2D eigenvalue weighted by atomic mass is 9.73. The SMILES string of the molecule is Cc1cncc(C(=O)N[C@]2(C)CCOC3(CCN(Cc4cncs4)CC3)[C@H]2O)c1. The van der Waals surface area contributed by atoms with Crippen LogP contribution in [0.5, 0.6) is 0 Å². The molecule has 0 aromatic carbocycles. The largest absolute Gasteiger partial charge is 0.388 e. The Hall–Kier alpha value is -1.87. The number of hydrogen-bond acceptors (Lipinski definition) is 7. The molecule has 0 unspecified atom stereocenters. The highest BCUT2D eigenvalue weighted by Gasteiger charge is 2.53. The fraction of sp³-hybridized carbons (Fsp3) is 0.571. The number of nitrogens with one attached hydrogen (secondary N) is 1. The predicted molar refractivity (Wildman–Crippen MR) is 111 cm³/mol. The second-order valence-corrected chi connectivity index (χ2v) is 9.40. The number of aromatic nitrogens is 2. The van der Waals surface area contributed by atoms with Crippen molar-refractivity contribution in [1.29, 1.82) is 0 Å². The van der Waals surface area contributed by atoms with E-state index in [1.165, 1.54) is 4.88 Å². The Balaban J connectivity index is 1.43. The number of thiazole rings is 1. The van der Waals surface area contributed by atoms with Crippen molar-refractivity contribution in [3.8, 4) is 0 Å². The van der Waals surface area contributed by atoms with E-state index in [4.69, 9.17) is 4.74 Å². The normalized spacial score (nSPS) is 27.1. The van der Waals surface area contributed by atoms with Crippen LogP contribution in [-0.4, -0.2) is 62.8 Å². The van der Waals surface area contributed by atoms with Gasteiger partial charge in [-0.05, 0) is 44.7 Å². The standard InChI is InChI=1S/C21H28N4O3S/c1-15-9-16(11-22-10-15)18(26)24-20(2)5-8-28-21(19(20)27)3-6-25(7-4-21)13-17-12-23-14-29-17/h9-12,14,19,27H,3-8,13H2,1-2H3,(H,24,26)/t19-,20+/m0/s1. The number of piperidine rings is 1. The molecule has 0 saturated carbocycles. The Morgan fingerprint density at radius 2 is 2.10 bits per heavy atom. The van der Waals surface area contributed by atoms with Crippen LogP contribution in [0, 0.1) is 6.92 Å². The smallest absolute Gasteiger partial charge is 0.253 e. The number of amides is 1. The minimum atomic E-state index is -0.768. The lowest BCUT2D eigenvalue weighted by Gasteiger charge is -2.53. The maximum Gasteiger partial charge on any atom is 0.253 e. The molecule has 0 aliphatic carbocycles. The number of aliphatic hydroxyl groups excluding tert-OH is 1. The van der Waals surface area contributed by atoms with Crippen molar-refractivity contribution in [2.24, 2.45) is 0 Å². The van der Waals surface area contributed by atoms with E-state index in [9.17, 15) is 9.90 Å². The van der Waals surface area contributed by atoms with Crippen LogP contribution < -0.4 is 5.32 Å². The van der Waals surface area contributed by atoms with Gasteiger partial charge in [-0.2, -0.15) is 0 Å². The summed E-state index contributed by atoms with van der Waals surface area (Å²) in [6.45, 7) is 6.93. The molecule has 2 atom stereocenters. The first kappa shape index (κ1) is 20.4. The van der Waals surface area contributed by atoms with Gasteiger partial charge in [0.1, 0.15) is 6.10 Å². The molecule has 0 bridgehead atoms. The Labute approximate surface area is 175 Å². The molecule has 2 aliphatic heterocycles. The summed E-state index contributed by atoms with van der Waals surface area (Å²) in [6.07, 6.45) is 6.48. The van der Waals surface area contributed by atoms with Crippen LogP contribution in [0.1, 0.15) is 47.0 Å². The van der Waals surface area contributed by atoms with E-state index in [0.29, 0.717) is 18.6 Å². The van der Waals surface area contributed by atoms with Crippen molar-refractivity contribution in [1.82, 2.24) is 20.2 Å². The fourth-order valence-corrected chi connectivity index (χ4v) is 5.09. The molecule has 7 nitrogen and oxygen atoms in total. The van der Waals surface area contributed by atoms with Gasteiger partial charge in [-0.3, -0.25) is 19.7 Å². The summed E-state index contributed by atoms with van der Waals surface area (Å²) < 4.78 is 6.15. The molecule has 0 radical (unpaired) electrons. The van der Waals surface area contributed by atoms with Gasteiger partial charge in [-0.15, -0.1) is 11.3 Å². The van der Waals surface area contributed by atoms with E-state index < -0.39 is 17.2 Å². The molecule has 2 N–H and O–H groups in total. The molecule has 29 heavy (non-hydrogen) atoms. The van der Waals surface area contributed by atoms with Gasteiger partial charge < -0.3 is 15.2 Å². The quantitative estimate of drug-likeness (QED) is 0.794. The third kappa shape index (κ3) is 4.21. The number of pyridine rings is 1. The molecule has 1 spiro atoms. The predicted octanol–water partition coefficient (Wildman–Crippen LogP) is 2.15. The van der Waals surface area contributed by atoms with Crippen LogP contribution >= 0.6 is 11.3 Å². The highest BCUT2D eigenvalue weighted by molar-refractivity contribution is 7.09. The number of carbonyl (C=O) groups excluding carboxylic acids is 1. The lowest BCUT2D eigenvalue weighted by molar-refractivity contribution is -0.205. The molecule has 2 aromatic heterocycles. The topological polar surface area (TPSA) is 87.6 Å². The third-order valence-electron chi connectivity index (χ3n) is 6.21. The second-order valence-electron chi connectivity index (χ2n) is 8.43. The molecule has 156 valence electrons. The molecule has 2 fully saturated rings. The molecular formula is C21H28N4O3S. The van der Waals surface area contributed by atoms with Gasteiger partial charge in [0, 0.05) is 49.7 Å². The van der Waals surface area contributed by atoms with Gasteiger partial charge >= 0.3 is 0 Å². The minimum Gasteiger partial charge on any atom is -0.388 e. The summed E-state index contributed by atoms with van der Waals surface area (Å²) >= 11 is 1.66. The van der Waals surface area contributed by atoms with Crippen molar-refractivity contribution in [3.05, 3.63) is 46.2 Å². The third-order valence-corrected chi connectivity index (χ3v) is 6.98. The molecule has 2 aromatic rings. The average Bonchev–Trinajstić information content (AvgIpc) is 3.21. The minimum absolute atomic E-state index is 0.206. The molecule has 8 heteroatoms. The highest BCUT2D eigenvalue weighted by Crippen LogP contribution is 2.40. The zero-order valence-corrected chi connectivity index (χ0v) is 17.7. The van der Waals surface area contributed by atoms with Gasteiger partial charge in [-0.25, -0.2) is 0 Å². The zero-order valence-electron chi connectivity index (χ0n) is 16.9. The summed E-state index contributed by atoms with van der Waals surface area (Å²) in [6, 6.07) is 1.81. The molecular weight excluding hydrogens is 388 g/mol. The van der Waals surface area contributed by atoms with Crippen LogP contribution in [-0.2, 0) is 11.3 Å². The number of likely N-dealkylation sites (tertiary alicyclic amines) is 1. The van der Waals surface area contributed by atoms with Crippen molar-refractivity contribution in [2.45, 2.75) is 56.9 Å². The first-order valence-corrected chi connectivity index (χ1v) is 10.9. The summed E-state index contributed by atoms with van der Waals surface area (Å²) in [7, 11) is 0. The van der Waals surface area contributed by atoms with Crippen molar-refractivity contribution >= 4 is 17.2 Å².